The van der Waals surface area contributed by atoms with Gasteiger partial charge in [-0.2, -0.15) is 0 Å². The monoisotopic (exact) mass is 506 g/mol. The van der Waals surface area contributed by atoms with Crippen molar-refractivity contribution < 1.29 is 22.7 Å². The summed E-state index contributed by atoms with van der Waals surface area (Å²) in [5, 5.41) is 2.82. The molecule has 0 aliphatic heterocycles. The van der Waals surface area contributed by atoms with Crippen molar-refractivity contribution in [1.82, 2.24) is 0 Å². The van der Waals surface area contributed by atoms with Crippen LogP contribution in [0.4, 0.5) is 11.4 Å². The average Bonchev–Trinajstić information content (AvgIpc) is 3.68. The Balaban J connectivity index is 1.42. The van der Waals surface area contributed by atoms with E-state index in [1.54, 1.807) is 47.4 Å². The molecule has 0 spiro atoms. The first-order valence-corrected chi connectivity index (χ1v) is 13.6. The van der Waals surface area contributed by atoms with E-state index in [9.17, 15) is 18.0 Å². The molecule has 0 atom stereocenters. The number of ether oxygens (including phenoxy) is 1. The molecule has 0 saturated heterocycles. The van der Waals surface area contributed by atoms with E-state index >= 15 is 0 Å². The van der Waals surface area contributed by atoms with Gasteiger partial charge >= 0.3 is 0 Å². The van der Waals surface area contributed by atoms with Gasteiger partial charge in [-0.3, -0.25) is 9.59 Å². The number of carbonyl (C=O) groups excluding carboxylic acids is 2. The van der Waals surface area contributed by atoms with Gasteiger partial charge in [-0.05, 0) is 67.6 Å². The molecule has 1 saturated carbocycles. The van der Waals surface area contributed by atoms with Gasteiger partial charge in [-0.1, -0.05) is 30.3 Å². The molecule has 1 aliphatic rings. The van der Waals surface area contributed by atoms with E-state index in [2.05, 4.69) is 5.32 Å². The normalized spacial score (nSPS) is 13.2. The van der Waals surface area contributed by atoms with Crippen molar-refractivity contribution in [2.75, 3.05) is 29.6 Å². The molecule has 1 aliphatic carbocycles. The van der Waals surface area contributed by atoms with E-state index in [1.807, 2.05) is 37.3 Å². The molecule has 3 aromatic rings. The Morgan fingerprint density at radius 1 is 1.00 bits per heavy atom. The van der Waals surface area contributed by atoms with Crippen LogP contribution in [0.25, 0.3) is 0 Å². The fraction of sp³-hybridized carbons (Fsp3) is 0.286. The third-order valence-corrected chi connectivity index (χ3v) is 8.04. The van der Waals surface area contributed by atoms with Gasteiger partial charge in [0.1, 0.15) is 5.75 Å². The third-order valence-electron chi connectivity index (χ3n) is 6.14. The van der Waals surface area contributed by atoms with Gasteiger partial charge in [0.25, 0.3) is 5.91 Å². The summed E-state index contributed by atoms with van der Waals surface area (Å²) in [5.74, 6) is 0.369. The minimum atomic E-state index is -3.28. The van der Waals surface area contributed by atoms with Crippen molar-refractivity contribution in [2.24, 2.45) is 5.92 Å². The fourth-order valence-corrected chi connectivity index (χ4v) is 5.74. The van der Waals surface area contributed by atoms with Gasteiger partial charge in [0, 0.05) is 24.0 Å². The standard InChI is InChI=1S/C28H30N2O5S/c1-3-30(23-7-5-4-6-8-23)28(32)25-16-13-22(18-26(25)35-2)29-27(31)17-20-11-14-24(15-12-20)36(33,34)19-21-9-10-21/h4-8,11-16,18,21H,3,9-10,17,19H2,1-2H3,(H,29,31). The third kappa shape index (κ3) is 6.12. The molecular formula is C28H30N2O5S. The second-order valence-corrected chi connectivity index (χ2v) is 10.9. The molecule has 4 rings (SSSR count). The summed E-state index contributed by atoms with van der Waals surface area (Å²) >= 11 is 0. The minimum absolute atomic E-state index is 0.0869. The lowest BCUT2D eigenvalue weighted by Gasteiger charge is -2.22. The zero-order valence-electron chi connectivity index (χ0n) is 20.4. The molecule has 36 heavy (non-hydrogen) atoms. The lowest BCUT2D eigenvalue weighted by Crippen LogP contribution is -2.30. The number of benzene rings is 3. The molecular weight excluding hydrogens is 476 g/mol. The first kappa shape index (κ1) is 25.4. The molecule has 7 nitrogen and oxygen atoms in total. The molecule has 1 fully saturated rings. The van der Waals surface area contributed by atoms with Crippen LogP contribution in [-0.4, -0.2) is 39.6 Å². The number of amides is 2. The zero-order chi connectivity index (χ0) is 25.7. The topological polar surface area (TPSA) is 92.8 Å². The molecule has 8 heteroatoms. The summed E-state index contributed by atoms with van der Waals surface area (Å²) in [4.78, 5) is 27.8. The highest BCUT2D eigenvalue weighted by Crippen LogP contribution is 2.32. The lowest BCUT2D eigenvalue weighted by molar-refractivity contribution is -0.115. The molecule has 2 amide bonds. The highest BCUT2D eigenvalue weighted by molar-refractivity contribution is 7.91. The molecule has 0 aromatic heterocycles. The van der Waals surface area contributed by atoms with Crippen LogP contribution in [-0.2, 0) is 21.1 Å². The van der Waals surface area contributed by atoms with Crippen LogP contribution in [0.15, 0.2) is 77.7 Å². The van der Waals surface area contributed by atoms with Crippen molar-refractivity contribution in [3.63, 3.8) is 0 Å². The Bertz CT molecular complexity index is 1330. The van der Waals surface area contributed by atoms with Gasteiger partial charge in [0.05, 0.1) is 29.7 Å². The van der Waals surface area contributed by atoms with Crippen LogP contribution >= 0.6 is 0 Å². The number of hydrogen-bond acceptors (Lipinski definition) is 5. The minimum Gasteiger partial charge on any atom is -0.496 e. The maximum Gasteiger partial charge on any atom is 0.262 e. The number of para-hydroxylation sites is 1. The fourth-order valence-electron chi connectivity index (χ4n) is 4.04. The van der Waals surface area contributed by atoms with Crippen LogP contribution in [0.3, 0.4) is 0 Å². The van der Waals surface area contributed by atoms with Gasteiger partial charge in [0.15, 0.2) is 9.84 Å². The van der Waals surface area contributed by atoms with E-state index in [0.29, 0.717) is 34.0 Å². The van der Waals surface area contributed by atoms with Crippen LogP contribution in [0, 0.1) is 5.92 Å². The summed E-state index contributed by atoms with van der Waals surface area (Å²) in [6.07, 6.45) is 2.03. The number of rotatable bonds is 10. The average molecular weight is 507 g/mol. The summed E-state index contributed by atoms with van der Waals surface area (Å²) in [6.45, 7) is 2.40. The Kier molecular flexibility index (Phi) is 7.74. The van der Waals surface area contributed by atoms with E-state index in [0.717, 1.165) is 18.5 Å². The molecule has 0 heterocycles. The first-order valence-electron chi connectivity index (χ1n) is 12.0. The van der Waals surface area contributed by atoms with Crippen molar-refractivity contribution in [3.8, 4) is 5.75 Å². The molecule has 3 aromatic carbocycles. The zero-order valence-corrected chi connectivity index (χ0v) is 21.3. The summed E-state index contributed by atoms with van der Waals surface area (Å²) in [6, 6.07) is 20.8. The number of sulfone groups is 1. The van der Waals surface area contributed by atoms with Crippen molar-refractivity contribution in [1.29, 1.82) is 0 Å². The molecule has 0 unspecified atom stereocenters. The smallest absolute Gasteiger partial charge is 0.262 e. The van der Waals surface area contributed by atoms with E-state index < -0.39 is 9.84 Å². The molecule has 188 valence electrons. The van der Waals surface area contributed by atoms with Gasteiger partial charge in [-0.15, -0.1) is 0 Å². The maximum absolute atomic E-state index is 13.2. The van der Waals surface area contributed by atoms with Gasteiger partial charge in [-0.25, -0.2) is 8.42 Å². The van der Waals surface area contributed by atoms with Crippen LogP contribution in [0.1, 0.15) is 35.7 Å². The molecule has 1 N–H and O–H groups in total. The van der Waals surface area contributed by atoms with Crippen LogP contribution in [0.5, 0.6) is 5.75 Å². The largest absolute Gasteiger partial charge is 0.496 e. The number of carbonyl (C=O) groups is 2. The van der Waals surface area contributed by atoms with Crippen LogP contribution in [0.2, 0.25) is 0 Å². The van der Waals surface area contributed by atoms with Gasteiger partial charge in [0.2, 0.25) is 5.91 Å². The number of hydrogen-bond donors (Lipinski definition) is 1. The van der Waals surface area contributed by atoms with E-state index in [4.69, 9.17) is 4.74 Å². The lowest BCUT2D eigenvalue weighted by atomic mass is 10.1. The Hall–Kier alpha value is -3.65. The van der Waals surface area contributed by atoms with E-state index in [-0.39, 0.29) is 29.9 Å². The maximum atomic E-state index is 13.2. The Labute approximate surface area is 212 Å². The van der Waals surface area contributed by atoms with Crippen molar-refractivity contribution in [3.05, 3.63) is 83.9 Å². The summed E-state index contributed by atoms with van der Waals surface area (Å²) in [7, 11) is -1.80. The number of nitrogens with one attached hydrogen (secondary N) is 1. The number of anilines is 2. The number of nitrogens with zero attached hydrogens (tertiary/aromatic N) is 1. The highest BCUT2D eigenvalue weighted by Gasteiger charge is 2.29. The second-order valence-electron chi connectivity index (χ2n) is 8.89. The predicted octanol–water partition coefficient (Wildman–Crippen LogP) is 4.73. The Morgan fingerprint density at radius 3 is 2.31 bits per heavy atom. The van der Waals surface area contributed by atoms with Crippen LogP contribution < -0.4 is 15.0 Å². The molecule has 0 radical (unpaired) electrons. The van der Waals surface area contributed by atoms with Crippen molar-refractivity contribution >= 4 is 33.0 Å². The first-order chi connectivity index (χ1) is 17.3. The Morgan fingerprint density at radius 2 is 1.69 bits per heavy atom. The predicted molar refractivity (Wildman–Crippen MR) is 140 cm³/mol. The molecule has 0 bridgehead atoms. The second kappa shape index (κ2) is 11.0. The quantitative estimate of drug-likeness (QED) is 0.429. The van der Waals surface area contributed by atoms with E-state index in [1.165, 1.54) is 7.11 Å². The highest BCUT2D eigenvalue weighted by atomic mass is 32.2. The number of methoxy groups -OCH3 is 1. The SMILES string of the molecule is CCN(C(=O)c1ccc(NC(=O)Cc2ccc(S(=O)(=O)CC3CC3)cc2)cc1OC)c1ccccc1. The summed E-state index contributed by atoms with van der Waals surface area (Å²) in [5.41, 5.74) is 2.39. The van der Waals surface area contributed by atoms with Crippen molar-refractivity contribution in [2.45, 2.75) is 31.1 Å². The summed E-state index contributed by atoms with van der Waals surface area (Å²) < 4.78 is 30.3. The van der Waals surface area contributed by atoms with Gasteiger partial charge < -0.3 is 15.0 Å².